The van der Waals surface area contributed by atoms with Crippen LogP contribution >= 0.6 is 11.3 Å². The van der Waals surface area contributed by atoms with Crippen molar-refractivity contribution >= 4 is 53.3 Å². The predicted octanol–water partition coefficient (Wildman–Crippen LogP) is 10.9. The first kappa shape index (κ1) is 25.0. The Bertz CT molecular complexity index is 2420. The Hall–Kier alpha value is -5.58. The average molecular weight is 580 g/mol. The van der Waals surface area contributed by atoms with Crippen molar-refractivity contribution in [3.63, 3.8) is 0 Å². The van der Waals surface area contributed by atoms with E-state index in [0.717, 1.165) is 39.1 Å². The van der Waals surface area contributed by atoms with Crippen LogP contribution in [0, 0.1) is 0 Å². The van der Waals surface area contributed by atoms with E-state index in [-0.39, 0.29) is 0 Å². The molecular formula is C40H25N3S. The van der Waals surface area contributed by atoms with E-state index < -0.39 is 0 Å². The smallest absolute Gasteiger partial charge is 0.235 e. The number of rotatable bonds is 4. The van der Waals surface area contributed by atoms with E-state index in [1.807, 2.05) is 23.5 Å². The van der Waals surface area contributed by atoms with Crippen LogP contribution in [0.3, 0.4) is 0 Å². The molecule has 9 rings (SSSR count). The summed E-state index contributed by atoms with van der Waals surface area (Å²) in [5.41, 5.74) is 8.49. The Labute approximate surface area is 258 Å². The van der Waals surface area contributed by atoms with E-state index in [0.29, 0.717) is 5.95 Å². The van der Waals surface area contributed by atoms with Crippen molar-refractivity contribution in [3.8, 4) is 39.6 Å². The maximum Gasteiger partial charge on any atom is 0.235 e. The van der Waals surface area contributed by atoms with Crippen LogP contribution in [0.1, 0.15) is 0 Å². The quantitative estimate of drug-likeness (QED) is 0.208. The van der Waals surface area contributed by atoms with Crippen molar-refractivity contribution in [1.29, 1.82) is 0 Å². The minimum Gasteiger partial charge on any atom is -0.277 e. The molecule has 0 saturated carbocycles. The number of hydrogen-bond acceptors (Lipinski definition) is 3. The lowest BCUT2D eigenvalue weighted by Crippen LogP contribution is -2.04. The Morgan fingerprint density at radius 1 is 0.432 bits per heavy atom. The van der Waals surface area contributed by atoms with Crippen LogP contribution in [0.2, 0.25) is 0 Å². The van der Waals surface area contributed by atoms with Gasteiger partial charge in [-0.15, -0.1) is 11.3 Å². The molecule has 44 heavy (non-hydrogen) atoms. The number of thiophene rings is 1. The van der Waals surface area contributed by atoms with Crippen LogP contribution in [0.5, 0.6) is 0 Å². The average Bonchev–Trinajstić information content (AvgIpc) is 3.64. The van der Waals surface area contributed by atoms with E-state index >= 15 is 0 Å². The Balaban J connectivity index is 1.45. The summed E-state index contributed by atoms with van der Waals surface area (Å²) >= 11 is 1.84. The number of fused-ring (bicyclic) bond motifs is 7. The van der Waals surface area contributed by atoms with Gasteiger partial charge in [0.25, 0.3) is 0 Å². The van der Waals surface area contributed by atoms with Gasteiger partial charge in [0, 0.05) is 42.1 Å². The van der Waals surface area contributed by atoms with Crippen LogP contribution < -0.4 is 0 Å². The van der Waals surface area contributed by atoms with Gasteiger partial charge in [0.1, 0.15) is 0 Å². The lowest BCUT2D eigenvalue weighted by atomic mass is 10.0. The van der Waals surface area contributed by atoms with Crippen LogP contribution in [0.15, 0.2) is 152 Å². The summed E-state index contributed by atoms with van der Waals surface area (Å²) in [6.45, 7) is 0. The first-order valence-corrected chi connectivity index (χ1v) is 15.6. The zero-order chi connectivity index (χ0) is 29.0. The van der Waals surface area contributed by atoms with Gasteiger partial charge in [0.05, 0.1) is 22.4 Å². The van der Waals surface area contributed by atoms with Crippen molar-refractivity contribution in [2.24, 2.45) is 0 Å². The van der Waals surface area contributed by atoms with E-state index in [1.165, 1.54) is 36.5 Å². The second-order valence-corrected chi connectivity index (χ2v) is 12.1. The van der Waals surface area contributed by atoms with E-state index in [2.05, 4.69) is 144 Å². The Morgan fingerprint density at radius 3 is 1.70 bits per heavy atom. The minimum absolute atomic E-state index is 0.665. The maximum absolute atomic E-state index is 5.30. The van der Waals surface area contributed by atoms with Crippen molar-refractivity contribution in [1.82, 2.24) is 14.5 Å². The van der Waals surface area contributed by atoms with Crippen molar-refractivity contribution in [3.05, 3.63) is 152 Å². The molecule has 4 heteroatoms. The number of aromatic nitrogens is 3. The van der Waals surface area contributed by atoms with Gasteiger partial charge in [-0.1, -0.05) is 127 Å². The highest BCUT2D eigenvalue weighted by atomic mass is 32.1. The van der Waals surface area contributed by atoms with E-state index in [1.54, 1.807) is 0 Å². The van der Waals surface area contributed by atoms with Gasteiger partial charge in [0.2, 0.25) is 5.95 Å². The molecule has 0 aliphatic carbocycles. The normalized spacial score (nSPS) is 11.6. The number of nitrogens with zero attached hydrogens (tertiary/aromatic N) is 3. The summed E-state index contributed by atoms with van der Waals surface area (Å²) in [5, 5.41) is 4.89. The summed E-state index contributed by atoms with van der Waals surface area (Å²) in [7, 11) is 0. The molecule has 0 spiro atoms. The monoisotopic (exact) mass is 579 g/mol. The third-order valence-corrected chi connectivity index (χ3v) is 9.57. The summed E-state index contributed by atoms with van der Waals surface area (Å²) in [5.74, 6) is 0.665. The predicted molar refractivity (Wildman–Crippen MR) is 186 cm³/mol. The molecule has 0 saturated heterocycles. The third-order valence-electron chi connectivity index (χ3n) is 8.43. The molecule has 3 heterocycles. The van der Waals surface area contributed by atoms with Gasteiger partial charge in [-0.3, -0.25) is 4.57 Å². The summed E-state index contributed by atoms with van der Waals surface area (Å²) in [6, 6.07) is 53.5. The SMILES string of the molecule is c1ccc(-c2ccc3c4ccc5sc6ccccc6c5c4n(-c4nc(-c5ccccc5)cc(-c5ccccc5)n4)c3c2)cc1. The lowest BCUT2D eigenvalue weighted by molar-refractivity contribution is 0.998. The van der Waals surface area contributed by atoms with Gasteiger partial charge < -0.3 is 0 Å². The van der Waals surface area contributed by atoms with Crippen molar-refractivity contribution in [2.75, 3.05) is 0 Å². The minimum atomic E-state index is 0.665. The Morgan fingerprint density at radius 2 is 1.02 bits per heavy atom. The molecule has 0 aliphatic heterocycles. The molecule has 0 fully saturated rings. The van der Waals surface area contributed by atoms with Gasteiger partial charge in [-0.05, 0) is 35.4 Å². The molecule has 0 bridgehead atoms. The molecular weight excluding hydrogens is 555 g/mol. The van der Waals surface area contributed by atoms with Crippen LogP contribution in [0.25, 0.3) is 81.6 Å². The van der Waals surface area contributed by atoms with Crippen LogP contribution in [-0.2, 0) is 0 Å². The molecule has 3 aromatic heterocycles. The second kappa shape index (κ2) is 10.0. The van der Waals surface area contributed by atoms with E-state index in [4.69, 9.17) is 9.97 Å². The summed E-state index contributed by atoms with van der Waals surface area (Å²) < 4.78 is 4.84. The molecule has 0 aliphatic rings. The highest BCUT2D eigenvalue weighted by Gasteiger charge is 2.21. The molecule has 6 aromatic carbocycles. The van der Waals surface area contributed by atoms with Crippen molar-refractivity contribution < 1.29 is 0 Å². The zero-order valence-corrected chi connectivity index (χ0v) is 24.5. The van der Waals surface area contributed by atoms with Crippen LogP contribution in [0.4, 0.5) is 0 Å². The molecule has 0 radical (unpaired) electrons. The fourth-order valence-electron chi connectivity index (χ4n) is 6.38. The molecule has 206 valence electrons. The Kier molecular flexibility index (Phi) is 5.68. The van der Waals surface area contributed by atoms with Gasteiger partial charge >= 0.3 is 0 Å². The highest BCUT2D eigenvalue weighted by molar-refractivity contribution is 7.26. The third kappa shape index (κ3) is 3.96. The van der Waals surface area contributed by atoms with Crippen molar-refractivity contribution in [2.45, 2.75) is 0 Å². The standard InChI is InChI=1S/C40H25N3S/c1-4-12-26(13-5-1)29-20-21-30-31-22-23-37-38(32-18-10-11-19-36(32)44-37)39(31)43(35(30)24-29)40-41-33(27-14-6-2-7-15-27)25-34(42-40)28-16-8-3-9-17-28/h1-25H. The lowest BCUT2D eigenvalue weighted by Gasteiger charge is -2.13. The molecule has 3 nitrogen and oxygen atoms in total. The largest absolute Gasteiger partial charge is 0.277 e. The molecule has 0 unspecified atom stereocenters. The van der Waals surface area contributed by atoms with E-state index in [9.17, 15) is 0 Å². The highest BCUT2D eigenvalue weighted by Crippen LogP contribution is 2.43. The maximum atomic E-state index is 5.30. The molecule has 0 amide bonds. The number of benzene rings is 6. The molecule has 0 atom stereocenters. The molecule has 9 aromatic rings. The summed E-state index contributed by atoms with van der Waals surface area (Å²) in [6.07, 6.45) is 0. The topological polar surface area (TPSA) is 30.7 Å². The zero-order valence-electron chi connectivity index (χ0n) is 23.7. The first-order chi connectivity index (χ1) is 21.8. The van der Waals surface area contributed by atoms with Crippen LogP contribution in [-0.4, -0.2) is 14.5 Å². The molecule has 0 N–H and O–H groups in total. The summed E-state index contributed by atoms with van der Waals surface area (Å²) in [4.78, 5) is 10.6. The fraction of sp³-hybridized carbons (Fsp3) is 0. The van der Waals surface area contributed by atoms with Gasteiger partial charge in [0.15, 0.2) is 0 Å². The van der Waals surface area contributed by atoms with Gasteiger partial charge in [-0.2, -0.15) is 0 Å². The number of hydrogen-bond donors (Lipinski definition) is 0. The first-order valence-electron chi connectivity index (χ1n) is 14.8. The second-order valence-electron chi connectivity index (χ2n) is 11.0. The fourth-order valence-corrected chi connectivity index (χ4v) is 7.49. The van der Waals surface area contributed by atoms with Gasteiger partial charge in [-0.25, -0.2) is 9.97 Å².